The molecule has 0 unspecified atom stereocenters. The third-order valence-electron chi connectivity index (χ3n) is 2.90. The minimum atomic E-state index is -0.812. The van der Waals surface area contributed by atoms with Gasteiger partial charge < -0.3 is 0 Å². The Morgan fingerprint density at radius 2 is 1.68 bits per heavy atom. The van der Waals surface area contributed by atoms with Crippen LogP contribution >= 0.6 is 11.6 Å². The van der Waals surface area contributed by atoms with Crippen LogP contribution in [0.4, 0.5) is 0 Å². The molecule has 2 rings (SSSR count). The number of benzene rings is 2. The van der Waals surface area contributed by atoms with Crippen LogP contribution < -0.4 is 0 Å². The molecular formula is C16H17ClOS. The summed E-state index contributed by atoms with van der Waals surface area (Å²) in [6.45, 7) is 0. The average Bonchev–Trinajstić information content (AvgIpc) is 2.40. The van der Waals surface area contributed by atoms with Crippen molar-refractivity contribution < 1.29 is 4.21 Å². The number of hydrogen-bond acceptors (Lipinski definition) is 1. The highest BCUT2D eigenvalue weighted by molar-refractivity contribution is 7.84. The smallest absolute Gasteiger partial charge is 0.0486 e. The van der Waals surface area contributed by atoms with Gasteiger partial charge in [0.05, 0.1) is 0 Å². The second-order valence-electron chi connectivity index (χ2n) is 4.51. The molecule has 1 atom stereocenters. The van der Waals surface area contributed by atoms with E-state index in [9.17, 15) is 4.21 Å². The van der Waals surface area contributed by atoms with E-state index in [0.717, 1.165) is 24.2 Å². The molecule has 0 N–H and O–H groups in total. The van der Waals surface area contributed by atoms with Crippen LogP contribution in [0.1, 0.15) is 17.5 Å². The summed E-state index contributed by atoms with van der Waals surface area (Å²) < 4.78 is 12.0. The van der Waals surface area contributed by atoms with E-state index in [1.54, 1.807) is 0 Å². The van der Waals surface area contributed by atoms with Crippen molar-refractivity contribution in [2.24, 2.45) is 0 Å². The Morgan fingerprint density at radius 1 is 0.947 bits per heavy atom. The first kappa shape index (κ1) is 14.3. The SMILES string of the molecule is O=[S@@](CCCc1ccccc1)Cc1cccc(Cl)c1. The lowest BCUT2D eigenvalue weighted by Crippen LogP contribution is -2.02. The van der Waals surface area contributed by atoms with Gasteiger partial charge in [0, 0.05) is 27.3 Å². The number of hydrogen-bond donors (Lipinski definition) is 0. The normalized spacial score (nSPS) is 12.3. The molecule has 19 heavy (non-hydrogen) atoms. The van der Waals surface area contributed by atoms with E-state index < -0.39 is 10.8 Å². The maximum absolute atomic E-state index is 12.0. The quantitative estimate of drug-likeness (QED) is 0.779. The molecule has 0 amide bonds. The van der Waals surface area contributed by atoms with E-state index in [-0.39, 0.29) is 0 Å². The van der Waals surface area contributed by atoms with E-state index in [0.29, 0.717) is 10.8 Å². The Bertz CT molecular complexity index is 539. The van der Waals surface area contributed by atoms with Crippen molar-refractivity contribution in [1.82, 2.24) is 0 Å². The topological polar surface area (TPSA) is 17.1 Å². The monoisotopic (exact) mass is 292 g/mol. The first-order valence-electron chi connectivity index (χ1n) is 6.37. The van der Waals surface area contributed by atoms with Gasteiger partial charge in [-0.3, -0.25) is 4.21 Å². The van der Waals surface area contributed by atoms with E-state index in [4.69, 9.17) is 11.6 Å². The Labute approximate surface area is 122 Å². The summed E-state index contributed by atoms with van der Waals surface area (Å²) in [5, 5.41) is 0.707. The van der Waals surface area contributed by atoms with Gasteiger partial charge in [-0.25, -0.2) is 0 Å². The highest BCUT2D eigenvalue weighted by Crippen LogP contribution is 2.13. The van der Waals surface area contributed by atoms with Crippen LogP contribution in [0.25, 0.3) is 0 Å². The summed E-state index contributed by atoms with van der Waals surface area (Å²) in [4.78, 5) is 0. The van der Waals surface area contributed by atoms with Crippen molar-refractivity contribution in [2.75, 3.05) is 5.75 Å². The highest BCUT2D eigenvalue weighted by Gasteiger charge is 2.03. The van der Waals surface area contributed by atoms with Crippen molar-refractivity contribution in [3.05, 3.63) is 70.7 Å². The lowest BCUT2D eigenvalue weighted by Gasteiger charge is -2.04. The molecule has 3 heteroatoms. The van der Waals surface area contributed by atoms with Crippen LogP contribution in [0, 0.1) is 0 Å². The Kier molecular flexibility index (Phi) is 5.62. The predicted molar refractivity (Wildman–Crippen MR) is 82.9 cm³/mol. The zero-order valence-corrected chi connectivity index (χ0v) is 12.3. The zero-order chi connectivity index (χ0) is 13.5. The molecule has 0 aliphatic carbocycles. The predicted octanol–water partition coefficient (Wildman–Crippen LogP) is 4.22. The number of rotatable bonds is 6. The van der Waals surface area contributed by atoms with Gasteiger partial charge in [-0.1, -0.05) is 54.1 Å². The molecule has 0 heterocycles. The van der Waals surface area contributed by atoms with Crippen LogP contribution in [-0.2, 0) is 23.0 Å². The molecule has 1 nitrogen and oxygen atoms in total. The number of halogens is 1. The third kappa shape index (κ3) is 5.17. The van der Waals surface area contributed by atoms with E-state index >= 15 is 0 Å². The first-order chi connectivity index (χ1) is 9.24. The highest BCUT2D eigenvalue weighted by atomic mass is 35.5. The Hall–Kier alpha value is -1.12. The van der Waals surface area contributed by atoms with Crippen molar-refractivity contribution in [2.45, 2.75) is 18.6 Å². The van der Waals surface area contributed by atoms with Crippen LogP contribution in [0.15, 0.2) is 54.6 Å². The van der Waals surface area contributed by atoms with Gasteiger partial charge >= 0.3 is 0 Å². The maximum atomic E-state index is 12.0. The molecule has 0 saturated heterocycles. The molecule has 0 bridgehead atoms. The van der Waals surface area contributed by atoms with Gasteiger partial charge in [-0.15, -0.1) is 0 Å². The molecule has 0 spiro atoms. The molecule has 0 aliphatic heterocycles. The molecular weight excluding hydrogens is 276 g/mol. The van der Waals surface area contributed by atoms with Crippen molar-refractivity contribution in [3.63, 3.8) is 0 Å². The summed E-state index contributed by atoms with van der Waals surface area (Å²) in [5.74, 6) is 1.33. The largest absolute Gasteiger partial charge is 0.259 e. The standard InChI is InChI=1S/C16H17ClOS/c17-16-10-4-8-15(12-16)13-19(18)11-5-9-14-6-2-1-3-7-14/h1-4,6-8,10,12H,5,9,11,13H2/t19-/m0/s1. The Balaban J connectivity index is 1.76. The molecule has 0 aromatic heterocycles. The van der Waals surface area contributed by atoms with E-state index in [1.807, 2.05) is 42.5 Å². The summed E-state index contributed by atoms with van der Waals surface area (Å²) in [7, 11) is -0.812. The lowest BCUT2D eigenvalue weighted by molar-refractivity contribution is 0.680. The lowest BCUT2D eigenvalue weighted by atomic mass is 10.1. The fourth-order valence-corrected chi connectivity index (χ4v) is 3.34. The summed E-state index contributed by atoms with van der Waals surface area (Å²) in [6.07, 6.45) is 1.94. The molecule has 2 aromatic carbocycles. The summed E-state index contributed by atoms with van der Waals surface area (Å²) in [5.41, 5.74) is 2.35. The maximum Gasteiger partial charge on any atom is 0.0486 e. The van der Waals surface area contributed by atoms with E-state index in [2.05, 4.69) is 12.1 Å². The number of aryl methyl sites for hydroxylation is 1. The van der Waals surface area contributed by atoms with Gasteiger partial charge in [0.1, 0.15) is 0 Å². The molecule has 2 aromatic rings. The molecule has 0 fully saturated rings. The van der Waals surface area contributed by atoms with E-state index in [1.165, 1.54) is 5.56 Å². The summed E-state index contributed by atoms with van der Waals surface area (Å²) >= 11 is 5.91. The van der Waals surface area contributed by atoms with Crippen LogP contribution in [0.2, 0.25) is 5.02 Å². The second-order valence-corrected chi connectivity index (χ2v) is 6.52. The molecule has 0 radical (unpaired) electrons. The molecule has 0 saturated carbocycles. The van der Waals surface area contributed by atoms with Crippen LogP contribution in [0.5, 0.6) is 0 Å². The van der Waals surface area contributed by atoms with Crippen LogP contribution in [0.3, 0.4) is 0 Å². The summed E-state index contributed by atoms with van der Waals surface area (Å²) in [6, 6.07) is 17.9. The van der Waals surface area contributed by atoms with Gasteiger partial charge in [-0.05, 0) is 36.1 Å². The van der Waals surface area contributed by atoms with Gasteiger partial charge in [-0.2, -0.15) is 0 Å². The van der Waals surface area contributed by atoms with Gasteiger partial charge in [0.25, 0.3) is 0 Å². The minimum absolute atomic E-state index is 0.593. The fourth-order valence-electron chi connectivity index (χ4n) is 1.97. The minimum Gasteiger partial charge on any atom is -0.259 e. The van der Waals surface area contributed by atoms with Gasteiger partial charge in [0.15, 0.2) is 0 Å². The third-order valence-corrected chi connectivity index (χ3v) is 4.53. The first-order valence-corrected chi connectivity index (χ1v) is 8.24. The Morgan fingerprint density at radius 3 is 2.42 bits per heavy atom. The van der Waals surface area contributed by atoms with Crippen molar-refractivity contribution in [1.29, 1.82) is 0 Å². The average molecular weight is 293 g/mol. The zero-order valence-electron chi connectivity index (χ0n) is 10.7. The molecule has 100 valence electrons. The molecule has 0 aliphatic rings. The fraction of sp³-hybridized carbons (Fsp3) is 0.250. The second kappa shape index (κ2) is 7.46. The van der Waals surface area contributed by atoms with Crippen molar-refractivity contribution in [3.8, 4) is 0 Å². The van der Waals surface area contributed by atoms with Gasteiger partial charge in [0.2, 0.25) is 0 Å². The van der Waals surface area contributed by atoms with Crippen LogP contribution in [-0.4, -0.2) is 9.96 Å². The van der Waals surface area contributed by atoms with Crippen molar-refractivity contribution >= 4 is 22.4 Å².